The van der Waals surface area contributed by atoms with Crippen molar-refractivity contribution in [2.75, 3.05) is 5.32 Å². The third-order valence-corrected chi connectivity index (χ3v) is 5.99. The van der Waals surface area contributed by atoms with Gasteiger partial charge in [-0.05, 0) is 49.7 Å². The number of nitrogens with one attached hydrogen (secondary N) is 1. The van der Waals surface area contributed by atoms with Gasteiger partial charge < -0.3 is 14.5 Å². The fraction of sp³-hybridized carbons (Fsp3) is 0.167. The molecule has 0 unspecified atom stereocenters. The third kappa shape index (κ3) is 5.47. The first-order chi connectivity index (χ1) is 16.7. The molecule has 2 aromatic heterocycles. The first-order valence-corrected chi connectivity index (χ1v) is 11.2. The van der Waals surface area contributed by atoms with Crippen LogP contribution in [0.25, 0.3) is 0 Å². The van der Waals surface area contributed by atoms with Crippen LogP contribution in [0.1, 0.15) is 33.3 Å². The fourth-order valence-corrected chi connectivity index (χ4v) is 3.79. The van der Waals surface area contributed by atoms with Gasteiger partial charge in [0.15, 0.2) is 11.5 Å². The van der Waals surface area contributed by atoms with Crippen LogP contribution in [0.2, 0.25) is 10.0 Å². The predicted octanol–water partition coefficient (Wildman–Crippen LogP) is 6.19. The Hall–Kier alpha value is -3.82. The number of benzene rings is 2. The van der Waals surface area contributed by atoms with Crippen LogP contribution >= 0.6 is 23.2 Å². The average Bonchev–Trinajstić information content (AvgIpc) is 3.41. The summed E-state index contributed by atoms with van der Waals surface area (Å²) in [5.41, 5.74) is 2.73. The van der Waals surface area contributed by atoms with E-state index in [0.29, 0.717) is 33.7 Å². The van der Waals surface area contributed by atoms with Crippen molar-refractivity contribution < 1.29 is 18.9 Å². The lowest BCUT2D eigenvalue weighted by molar-refractivity contribution is -0.386. The van der Waals surface area contributed by atoms with Crippen LogP contribution in [0.3, 0.4) is 0 Å². The number of carbonyl (C=O) groups is 1. The zero-order valence-corrected chi connectivity index (χ0v) is 20.3. The molecule has 11 heteroatoms. The van der Waals surface area contributed by atoms with E-state index in [1.165, 1.54) is 18.2 Å². The van der Waals surface area contributed by atoms with E-state index < -0.39 is 10.8 Å². The summed E-state index contributed by atoms with van der Waals surface area (Å²) in [7, 11) is 0. The van der Waals surface area contributed by atoms with Crippen LogP contribution in [0.4, 0.5) is 11.4 Å². The number of furan rings is 1. The Morgan fingerprint density at radius 1 is 1.14 bits per heavy atom. The number of para-hydroxylation sites is 2. The Labute approximate surface area is 210 Å². The molecule has 4 rings (SSSR count). The van der Waals surface area contributed by atoms with Gasteiger partial charge in [-0.15, -0.1) is 0 Å². The summed E-state index contributed by atoms with van der Waals surface area (Å²) >= 11 is 12.1. The molecular formula is C24H20Cl2N4O5. The molecule has 0 aliphatic carbocycles. The van der Waals surface area contributed by atoms with Crippen molar-refractivity contribution >= 4 is 40.5 Å². The van der Waals surface area contributed by atoms with E-state index in [0.717, 1.165) is 11.3 Å². The van der Waals surface area contributed by atoms with E-state index in [-0.39, 0.29) is 23.8 Å². The van der Waals surface area contributed by atoms with Crippen LogP contribution in [0, 0.1) is 24.0 Å². The number of nitro benzene ring substituents is 1. The maximum absolute atomic E-state index is 12.8. The number of amides is 1. The highest BCUT2D eigenvalue weighted by atomic mass is 35.5. The number of ether oxygens (including phenoxy) is 1. The summed E-state index contributed by atoms with van der Waals surface area (Å²) in [5, 5.41) is 19.4. The quantitative estimate of drug-likeness (QED) is 0.221. The van der Waals surface area contributed by atoms with Crippen LogP contribution < -0.4 is 10.1 Å². The molecule has 9 nitrogen and oxygen atoms in total. The van der Waals surface area contributed by atoms with Gasteiger partial charge in [0.1, 0.15) is 12.4 Å². The average molecular weight is 515 g/mol. The first-order valence-electron chi connectivity index (χ1n) is 10.5. The molecule has 0 radical (unpaired) electrons. The van der Waals surface area contributed by atoms with Crippen molar-refractivity contribution in [3.63, 3.8) is 0 Å². The SMILES string of the molecule is Cc1nn(Cc2ccc(Cl)c(Cl)c2)c(C)c1NC(=O)c1ccc(COc2ccccc2[N+](=O)[O-])o1. The Kier molecular flexibility index (Phi) is 7.09. The smallest absolute Gasteiger partial charge is 0.310 e. The van der Waals surface area contributed by atoms with E-state index in [1.807, 2.05) is 13.0 Å². The Balaban J connectivity index is 1.43. The maximum atomic E-state index is 12.8. The van der Waals surface area contributed by atoms with Crippen molar-refractivity contribution in [2.24, 2.45) is 0 Å². The largest absolute Gasteiger partial charge is 0.479 e. The second kappa shape index (κ2) is 10.2. The van der Waals surface area contributed by atoms with Crippen molar-refractivity contribution in [1.29, 1.82) is 0 Å². The fourth-order valence-electron chi connectivity index (χ4n) is 3.47. The second-order valence-corrected chi connectivity index (χ2v) is 8.50. The normalized spacial score (nSPS) is 10.9. The minimum atomic E-state index is -0.525. The third-order valence-electron chi connectivity index (χ3n) is 5.25. The van der Waals surface area contributed by atoms with Crippen molar-refractivity contribution in [2.45, 2.75) is 27.0 Å². The number of halogens is 2. The molecule has 0 aliphatic rings. The first kappa shape index (κ1) is 24.3. The molecule has 2 aromatic carbocycles. The molecule has 0 atom stereocenters. The van der Waals surface area contributed by atoms with Gasteiger partial charge in [0.2, 0.25) is 0 Å². The van der Waals surface area contributed by atoms with Gasteiger partial charge in [-0.1, -0.05) is 41.4 Å². The van der Waals surface area contributed by atoms with Crippen LogP contribution in [0.5, 0.6) is 5.75 Å². The molecule has 0 saturated carbocycles. The minimum Gasteiger partial charge on any atom is -0.479 e. The van der Waals surface area contributed by atoms with Gasteiger partial charge in [-0.3, -0.25) is 19.6 Å². The molecule has 1 amide bonds. The van der Waals surface area contributed by atoms with Gasteiger partial charge in [-0.25, -0.2) is 0 Å². The number of nitrogens with zero attached hydrogens (tertiary/aromatic N) is 3. The van der Waals surface area contributed by atoms with Gasteiger partial charge >= 0.3 is 5.69 Å². The van der Waals surface area contributed by atoms with E-state index in [2.05, 4.69) is 10.4 Å². The number of carbonyl (C=O) groups excluding carboxylic acids is 1. The number of rotatable bonds is 8. The highest BCUT2D eigenvalue weighted by Gasteiger charge is 2.19. The number of hydrogen-bond acceptors (Lipinski definition) is 6. The molecule has 0 aliphatic heterocycles. The number of aryl methyl sites for hydroxylation is 1. The van der Waals surface area contributed by atoms with Gasteiger partial charge in [0.25, 0.3) is 5.91 Å². The van der Waals surface area contributed by atoms with Crippen LogP contribution in [0.15, 0.2) is 59.0 Å². The van der Waals surface area contributed by atoms with Crippen molar-refractivity contribution in [3.8, 4) is 5.75 Å². The van der Waals surface area contributed by atoms with E-state index in [4.69, 9.17) is 32.4 Å². The van der Waals surface area contributed by atoms with E-state index in [1.54, 1.807) is 41.9 Å². The highest BCUT2D eigenvalue weighted by Crippen LogP contribution is 2.28. The predicted molar refractivity (Wildman–Crippen MR) is 131 cm³/mol. The molecule has 1 N–H and O–H groups in total. The van der Waals surface area contributed by atoms with Gasteiger partial charge in [0, 0.05) is 6.07 Å². The number of aromatic nitrogens is 2. The van der Waals surface area contributed by atoms with Gasteiger partial charge in [-0.2, -0.15) is 5.10 Å². The van der Waals surface area contributed by atoms with E-state index in [9.17, 15) is 14.9 Å². The van der Waals surface area contributed by atoms with Crippen molar-refractivity contribution in [1.82, 2.24) is 9.78 Å². The Morgan fingerprint density at radius 3 is 2.66 bits per heavy atom. The summed E-state index contributed by atoms with van der Waals surface area (Å²) in [5.74, 6) is 0.0713. The molecule has 0 bridgehead atoms. The molecule has 35 heavy (non-hydrogen) atoms. The zero-order chi connectivity index (χ0) is 25.1. The lowest BCUT2D eigenvalue weighted by Gasteiger charge is -2.07. The molecule has 2 heterocycles. The van der Waals surface area contributed by atoms with Crippen molar-refractivity contribution in [3.05, 3.63) is 103 Å². The lowest BCUT2D eigenvalue weighted by Crippen LogP contribution is -2.12. The monoisotopic (exact) mass is 514 g/mol. The Morgan fingerprint density at radius 2 is 1.91 bits per heavy atom. The molecule has 0 spiro atoms. The minimum absolute atomic E-state index is 0.0715. The number of anilines is 1. The summed E-state index contributed by atoms with van der Waals surface area (Å²) in [6, 6.07) is 14.5. The molecular weight excluding hydrogens is 495 g/mol. The van der Waals surface area contributed by atoms with Crippen LogP contribution in [-0.4, -0.2) is 20.6 Å². The summed E-state index contributed by atoms with van der Waals surface area (Å²) in [6.45, 7) is 4.02. The van der Waals surface area contributed by atoms with Gasteiger partial charge in [0.05, 0.1) is 38.6 Å². The molecule has 4 aromatic rings. The highest BCUT2D eigenvalue weighted by molar-refractivity contribution is 6.42. The lowest BCUT2D eigenvalue weighted by atomic mass is 10.2. The Bertz CT molecular complexity index is 1410. The molecule has 180 valence electrons. The topological polar surface area (TPSA) is 112 Å². The summed E-state index contributed by atoms with van der Waals surface area (Å²) in [4.78, 5) is 23.4. The zero-order valence-electron chi connectivity index (χ0n) is 18.7. The number of nitro groups is 1. The standard InChI is InChI=1S/C24H20Cl2N4O5/c1-14-23(15(2)29(28-14)12-16-7-9-18(25)19(26)11-16)27-24(31)22-10-8-17(35-22)13-34-21-6-4-3-5-20(21)30(32)33/h3-11H,12-13H2,1-2H3,(H,27,31). The maximum Gasteiger partial charge on any atom is 0.310 e. The summed E-state index contributed by atoms with van der Waals surface area (Å²) < 4.78 is 12.9. The number of hydrogen-bond donors (Lipinski definition) is 1. The van der Waals surface area contributed by atoms with Crippen LogP contribution in [-0.2, 0) is 13.2 Å². The molecule has 0 saturated heterocycles. The van der Waals surface area contributed by atoms with E-state index >= 15 is 0 Å². The second-order valence-electron chi connectivity index (χ2n) is 7.69. The summed E-state index contributed by atoms with van der Waals surface area (Å²) in [6.07, 6.45) is 0. The molecule has 0 fully saturated rings.